The highest BCUT2D eigenvalue weighted by atomic mass is 16.5. The summed E-state index contributed by atoms with van der Waals surface area (Å²) in [6.07, 6.45) is 6.42. The van der Waals surface area contributed by atoms with Crippen LogP contribution in [0.2, 0.25) is 0 Å². The standard InChI is InChI=1S/C10H18O/c1-7(11-2)10-6-8-3-4-9(10)5-8/h7-10H,3-6H2,1-2H3. The Hall–Kier alpha value is -0.0400. The van der Waals surface area contributed by atoms with Gasteiger partial charge >= 0.3 is 0 Å². The molecule has 0 spiro atoms. The lowest BCUT2D eigenvalue weighted by Crippen LogP contribution is -2.24. The van der Waals surface area contributed by atoms with E-state index in [0.717, 1.165) is 17.8 Å². The summed E-state index contributed by atoms with van der Waals surface area (Å²) >= 11 is 0. The predicted molar refractivity (Wildman–Crippen MR) is 45.4 cm³/mol. The van der Waals surface area contributed by atoms with Gasteiger partial charge in [0.2, 0.25) is 0 Å². The first-order valence-corrected chi connectivity index (χ1v) is 4.84. The van der Waals surface area contributed by atoms with E-state index in [4.69, 9.17) is 4.74 Å². The molecule has 2 aliphatic rings. The Labute approximate surface area is 69.1 Å². The summed E-state index contributed by atoms with van der Waals surface area (Å²) < 4.78 is 5.39. The van der Waals surface area contributed by atoms with Gasteiger partial charge in [-0.25, -0.2) is 0 Å². The first-order chi connectivity index (χ1) is 5.31. The molecule has 0 N–H and O–H groups in total. The summed E-state index contributed by atoms with van der Waals surface area (Å²) in [5.74, 6) is 2.95. The fourth-order valence-corrected chi connectivity index (χ4v) is 3.04. The molecule has 0 aromatic heterocycles. The van der Waals surface area contributed by atoms with E-state index < -0.39 is 0 Å². The smallest absolute Gasteiger partial charge is 0.0574 e. The molecule has 11 heavy (non-hydrogen) atoms. The molecule has 64 valence electrons. The Bertz CT molecular complexity index is 144. The van der Waals surface area contributed by atoms with Crippen LogP contribution in [-0.4, -0.2) is 13.2 Å². The molecule has 2 bridgehead atoms. The predicted octanol–water partition coefficient (Wildman–Crippen LogP) is 2.46. The highest BCUT2D eigenvalue weighted by Crippen LogP contribution is 2.49. The van der Waals surface area contributed by atoms with Gasteiger partial charge in [-0.15, -0.1) is 0 Å². The van der Waals surface area contributed by atoms with E-state index in [1.54, 1.807) is 0 Å². The van der Waals surface area contributed by atoms with Crippen LogP contribution >= 0.6 is 0 Å². The molecule has 4 atom stereocenters. The molecule has 4 unspecified atom stereocenters. The molecular weight excluding hydrogens is 136 g/mol. The van der Waals surface area contributed by atoms with Crippen LogP contribution in [0.5, 0.6) is 0 Å². The van der Waals surface area contributed by atoms with E-state index in [-0.39, 0.29) is 0 Å². The van der Waals surface area contributed by atoms with Gasteiger partial charge in [0, 0.05) is 7.11 Å². The first-order valence-electron chi connectivity index (χ1n) is 4.84. The average molecular weight is 154 g/mol. The van der Waals surface area contributed by atoms with E-state index in [9.17, 15) is 0 Å². The lowest BCUT2D eigenvalue weighted by molar-refractivity contribution is 0.0428. The highest BCUT2D eigenvalue weighted by Gasteiger charge is 2.41. The van der Waals surface area contributed by atoms with Gasteiger partial charge in [0.25, 0.3) is 0 Å². The summed E-state index contributed by atoms with van der Waals surface area (Å²) in [4.78, 5) is 0. The minimum Gasteiger partial charge on any atom is -0.381 e. The Kier molecular flexibility index (Phi) is 1.92. The van der Waals surface area contributed by atoms with E-state index in [0.29, 0.717) is 6.10 Å². The molecule has 0 aromatic carbocycles. The second kappa shape index (κ2) is 2.78. The Morgan fingerprint density at radius 3 is 2.55 bits per heavy atom. The zero-order chi connectivity index (χ0) is 7.84. The van der Waals surface area contributed by atoms with Crippen molar-refractivity contribution >= 4 is 0 Å². The van der Waals surface area contributed by atoms with Crippen LogP contribution in [0.3, 0.4) is 0 Å². The average Bonchev–Trinajstić information content (AvgIpc) is 2.62. The maximum atomic E-state index is 5.39. The summed E-state index contributed by atoms with van der Waals surface area (Å²) in [6, 6.07) is 0. The molecule has 2 fully saturated rings. The Morgan fingerprint density at radius 1 is 1.27 bits per heavy atom. The monoisotopic (exact) mass is 154 g/mol. The quantitative estimate of drug-likeness (QED) is 0.593. The zero-order valence-electron chi connectivity index (χ0n) is 7.55. The van der Waals surface area contributed by atoms with Gasteiger partial charge in [0.1, 0.15) is 0 Å². The molecule has 1 heteroatoms. The van der Waals surface area contributed by atoms with Crippen LogP contribution in [0.4, 0.5) is 0 Å². The molecule has 0 heterocycles. The van der Waals surface area contributed by atoms with Crippen molar-refractivity contribution in [2.45, 2.75) is 38.7 Å². The van der Waals surface area contributed by atoms with Crippen LogP contribution in [0.25, 0.3) is 0 Å². The van der Waals surface area contributed by atoms with Gasteiger partial charge in [-0.2, -0.15) is 0 Å². The third kappa shape index (κ3) is 1.20. The van der Waals surface area contributed by atoms with Gasteiger partial charge in [-0.05, 0) is 43.9 Å². The van der Waals surface area contributed by atoms with Crippen LogP contribution in [0.15, 0.2) is 0 Å². The van der Waals surface area contributed by atoms with Crippen molar-refractivity contribution in [3.05, 3.63) is 0 Å². The topological polar surface area (TPSA) is 9.23 Å². The van der Waals surface area contributed by atoms with E-state index in [1.807, 2.05) is 7.11 Å². The number of rotatable bonds is 2. The SMILES string of the molecule is COC(C)C1CC2CCC1C2. The second-order valence-corrected chi connectivity index (χ2v) is 4.28. The molecular formula is C10H18O. The normalized spacial score (nSPS) is 44.7. The number of fused-ring (bicyclic) bond motifs is 2. The maximum Gasteiger partial charge on any atom is 0.0574 e. The van der Waals surface area contributed by atoms with Crippen molar-refractivity contribution in [1.82, 2.24) is 0 Å². The van der Waals surface area contributed by atoms with Gasteiger partial charge in [0.15, 0.2) is 0 Å². The lowest BCUT2D eigenvalue weighted by Gasteiger charge is -2.26. The zero-order valence-corrected chi connectivity index (χ0v) is 7.55. The fourth-order valence-electron chi connectivity index (χ4n) is 3.04. The molecule has 2 saturated carbocycles. The van der Waals surface area contributed by atoms with Crippen LogP contribution in [-0.2, 0) is 4.74 Å². The van der Waals surface area contributed by atoms with Crippen molar-refractivity contribution < 1.29 is 4.74 Å². The Balaban J connectivity index is 1.96. The van der Waals surface area contributed by atoms with Gasteiger partial charge in [-0.3, -0.25) is 0 Å². The molecule has 2 aliphatic carbocycles. The van der Waals surface area contributed by atoms with Crippen LogP contribution < -0.4 is 0 Å². The molecule has 0 radical (unpaired) electrons. The molecule has 0 amide bonds. The van der Waals surface area contributed by atoms with Gasteiger partial charge in [0.05, 0.1) is 6.10 Å². The van der Waals surface area contributed by atoms with Crippen LogP contribution in [0, 0.1) is 17.8 Å². The molecule has 1 nitrogen and oxygen atoms in total. The highest BCUT2D eigenvalue weighted by molar-refractivity contribution is 4.92. The van der Waals surface area contributed by atoms with E-state index >= 15 is 0 Å². The van der Waals surface area contributed by atoms with Crippen molar-refractivity contribution in [3.63, 3.8) is 0 Å². The maximum absolute atomic E-state index is 5.39. The van der Waals surface area contributed by atoms with Gasteiger partial charge < -0.3 is 4.74 Å². The minimum absolute atomic E-state index is 0.505. The number of hydrogen-bond donors (Lipinski definition) is 0. The van der Waals surface area contributed by atoms with E-state index in [2.05, 4.69) is 6.92 Å². The number of hydrogen-bond acceptors (Lipinski definition) is 1. The molecule has 0 aliphatic heterocycles. The molecule has 0 aromatic rings. The lowest BCUT2D eigenvalue weighted by atomic mass is 9.85. The summed E-state index contributed by atoms with van der Waals surface area (Å²) in [5.41, 5.74) is 0. The summed E-state index contributed by atoms with van der Waals surface area (Å²) in [5, 5.41) is 0. The minimum atomic E-state index is 0.505. The first kappa shape index (κ1) is 7.60. The van der Waals surface area contributed by atoms with Gasteiger partial charge in [-0.1, -0.05) is 6.42 Å². The second-order valence-electron chi connectivity index (χ2n) is 4.28. The largest absolute Gasteiger partial charge is 0.381 e. The van der Waals surface area contributed by atoms with Crippen LogP contribution in [0.1, 0.15) is 32.6 Å². The van der Waals surface area contributed by atoms with Crippen molar-refractivity contribution in [1.29, 1.82) is 0 Å². The summed E-state index contributed by atoms with van der Waals surface area (Å²) in [6.45, 7) is 2.23. The summed E-state index contributed by atoms with van der Waals surface area (Å²) in [7, 11) is 1.84. The van der Waals surface area contributed by atoms with E-state index in [1.165, 1.54) is 25.7 Å². The number of methoxy groups -OCH3 is 1. The van der Waals surface area contributed by atoms with Crippen molar-refractivity contribution in [2.75, 3.05) is 7.11 Å². The van der Waals surface area contributed by atoms with Crippen molar-refractivity contribution in [2.24, 2.45) is 17.8 Å². The molecule has 2 rings (SSSR count). The third-order valence-corrected chi connectivity index (χ3v) is 3.77. The third-order valence-electron chi connectivity index (χ3n) is 3.77. The van der Waals surface area contributed by atoms with Crippen molar-refractivity contribution in [3.8, 4) is 0 Å². The Morgan fingerprint density at radius 2 is 2.09 bits per heavy atom. The molecule has 0 saturated heterocycles. The fraction of sp³-hybridized carbons (Fsp3) is 1.00. The number of ether oxygens (including phenoxy) is 1.